The molecule has 0 bridgehead atoms. The Kier molecular flexibility index (Phi) is 5.67. The summed E-state index contributed by atoms with van der Waals surface area (Å²) in [5.41, 5.74) is 0.0990. The summed E-state index contributed by atoms with van der Waals surface area (Å²) in [5.74, 6) is 0.913. The molecule has 19 heavy (non-hydrogen) atoms. The van der Waals surface area contributed by atoms with Crippen molar-refractivity contribution in [3.8, 4) is 0 Å². The third-order valence-corrected chi connectivity index (χ3v) is 5.26. The van der Waals surface area contributed by atoms with Gasteiger partial charge in [-0.3, -0.25) is 0 Å². The lowest BCUT2D eigenvalue weighted by atomic mass is 9.86. The van der Waals surface area contributed by atoms with Gasteiger partial charge in [0.15, 0.2) is 0 Å². The number of hydrogen-bond donors (Lipinski definition) is 1. The number of likely N-dealkylation sites (tertiary alicyclic amines) is 2. The molecule has 3 heteroatoms. The van der Waals surface area contributed by atoms with Crippen molar-refractivity contribution in [2.75, 3.05) is 45.9 Å². The molecule has 0 aromatic heterocycles. The molecule has 2 aliphatic rings. The van der Waals surface area contributed by atoms with Crippen LogP contribution in [0.2, 0.25) is 0 Å². The molecule has 2 rings (SSSR count). The molecule has 1 unspecified atom stereocenters. The minimum atomic E-state index is 0.0990. The molecule has 1 atom stereocenters. The van der Waals surface area contributed by atoms with Gasteiger partial charge in [-0.05, 0) is 64.2 Å². The van der Waals surface area contributed by atoms with Crippen molar-refractivity contribution in [2.45, 2.75) is 46.0 Å². The number of piperidine rings is 1. The van der Waals surface area contributed by atoms with E-state index in [2.05, 4.69) is 23.6 Å². The molecule has 0 spiro atoms. The Bertz CT molecular complexity index is 251. The maximum absolute atomic E-state index is 9.52. The Labute approximate surface area is 119 Å². The summed E-state index contributed by atoms with van der Waals surface area (Å²) in [6.45, 7) is 12.2. The molecule has 0 aliphatic carbocycles. The summed E-state index contributed by atoms with van der Waals surface area (Å²) >= 11 is 0. The predicted molar refractivity (Wildman–Crippen MR) is 80.3 cm³/mol. The smallest absolute Gasteiger partial charge is 0.0496 e. The topological polar surface area (TPSA) is 26.7 Å². The first kappa shape index (κ1) is 15.3. The highest BCUT2D eigenvalue weighted by atomic mass is 16.3. The van der Waals surface area contributed by atoms with Gasteiger partial charge in [0.25, 0.3) is 0 Å². The predicted octanol–water partition coefficient (Wildman–Crippen LogP) is 2.20. The Morgan fingerprint density at radius 2 is 1.68 bits per heavy atom. The fourth-order valence-electron chi connectivity index (χ4n) is 3.47. The molecule has 2 heterocycles. The van der Waals surface area contributed by atoms with Gasteiger partial charge in [0.05, 0.1) is 0 Å². The quantitative estimate of drug-likeness (QED) is 0.800. The molecular formula is C16H32N2O. The molecule has 112 valence electrons. The van der Waals surface area contributed by atoms with Gasteiger partial charge in [0.2, 0.25) is 0 Å². The van der Waals surface area contributed by atoms with Crippen LogP contribution in [-0.2, 0) is 0 Å². The van der Waals surface area contributed by atoms with Gasteiger partial charge < -0.3 is 14.9 Å². The Balaban J connectivity index is 1.69. The zero-order chi connectivity index (χ0) is 13.7. The molecule has 0 aromatic rings. The van der Waals surface area contributed by atoms with Crippen molar-refractivity contribution in [1.29, 1.82) is 0 Å². The van der Waals surface area contributed by atoms with E-state index in [0.29, 0.717) is 6.61 Å². The molecule has 0 aromatic carbocycles. The highest BCUT2D eigenvalue weighted by Crippen LogP contribution is 2.26. The van der Waals surface area contributed by atoms with Crippen LogP contribution in [0.5, 0.6) is 0 Å². The molecule has 0 amide bonds. The van der Waals surface area contributed by atoms with Gasteiger partial charge in [-0.1, -0.05) is 13.8 Å². The average molecular weight is 268 g/mol. The standard InChI is InChI=1S/C16H32N2O/c1-3-16(2,14-19)13-18-10-6-15(7-11-18)12-17-8-4-5-9-17/h15,19H,3-14H2,1-2H3. The first-order valence-corrected chi connectivity index (χ1v) is 8.21. The maximum atomic E-state index is 9.52. The Morgan fingerprint density at radius 1 is 1.05 bits per heavy atom. The number of rotatable bonds is 6. The van der Waals surface area contributed by atoms with Crippen LogP contribution in [0.4, 0.5) is 0 Å². The molecule has 1 N–H and O–H groups in total. The first-order chi connectivity index (χ1) is 9.15. The van der Waals surface area contributed by atoms with E-state index in [1.165, 1.54) is 58.4 Å². The minimum absolute atomic E-state index is 0.0990. The minimum Gasteiger partial charge on any atom is -0.396 e. The second kappa shape index (κ2) is 7.05. The van der Waals surface area contributed by atoms with Crippen LogP contribution in [0, 0.1) is 11.3 Å². The number of aliphatic hydroxyl groups excluding tert-OH is 1. The fourth-order valence-corrected chi connectivity index (χ4v) is 3.47. The molecule has 0 radical (unpaired) electrons. The van der Waals surface area contributed by atoms with Crippen molar-refractivity contribution >= 4 is 0 Å². The van der Waals surface area contributed by atoms with Crippen molar-refractivity contribution in [1.82, 2.24) is 9.80 Å². The number of nitrogens with zero attached hydrogens (tertiary/aromatic N) is 2. The molecule has 2 aliphatic heterocycles. The summed E-state index contributed by atoms with van der Waals surface area (Å²) < 4.78 is 0. The number of aliphatic hydroxyl groups is 1. The van der Waals surface area contributed by atoms with Crippen molar-refractivity contribution in [3.05, 3.63) is 0 Å². The molecular weight excluding hydrogens is 236 g/mol. The van der Waals surface area contributed by atoms with Gasteiger partial charge >= 0.3 is 0 Å². The average Bonchev–Trinajstić information content (AvgIpc) is 2.94. The normalized spacial score (nSPS) is 26.7. The van der Waals surface area contributed by atoms with E-state index in [9.17, 15) is 5.11 Å². The van der Waals surface area contributed by atoms with E-state index in [-0.39, 0.29) is 5.41 Å². The van der Waals surface area contributed by atoms with Crippen LogP contribution in [0.25, 0.3) is 0 Å². The lowest BCUT2D eigenvalue weighted by Crippen LogP contribution is -2.43. The zero-order valence-electron chi connectivity index (χ0n) is 12.9. The highest BCUT2D eigenvalue weighted by molar-refractivity contribution is 4.81. The molecule has 2 fully saturated rings. The van der Waals surface area contributed by atoms with E-state index in [4.69, 9.17) is 0 Å². The lowest BCUT2D eigenvalue weighted by molar-refractivity contribution is 0.0621. The molecule has 2 saturated heterocycles. The zero-order valence-corrected chi connectivity index (χ0v) is 12.9. The summed E-state index contributed by atoms with van der Waals surface area (Å²) in [4.78, 5) is 5.23. The molecule has 3 nitrogen and oxygen atoms in total. The van der Waals surface area contributed by atoms with Crippen molar-refractivity contribution < 1.29 is 5.11 Å². The van der Waals surface area contributed by atoms with Crippen LogP contribution in [0.1, 0.15) is 46.0 Å². The Morgan fingerprint density at radius 3 is 2.21 bits per heavy atom. The third kappa shape index (κ3) is 4.44. The van der Waals surface area contributed by atoms with Gasteiger partial charge in [-0.25, -0.2) is 0 Å². The second-order valence-electron chi connectivity index (χ2n) is 7.05. The highest BCUT2D eigenvalue weighted by Gasteiger charge is 2.28. The first-order valence-electron chi connectivity index (χ1n) is 8.21. The fraction of sp³-hybridized carbons (Fsp3) is 1.00. The number of hydrogen-bond acceptors (Lipinski definition) is 3. The summed E-state index contributed by atoms with van der Waals surface area (Å²) in [5, 5.41) is 9.52. The maximum Gasteiger partial charge on any atom is 0.0496 e. The van der Waals surface area contributed by atoms with Gasteiger partial charge in [0.1, 0.15) is 0 Å². The van der Waals surface area contributed by atoms with Crippen LogP contribution < -0.4 is 0 Å². The van der Waals surface area contributed by atoms with E-state index >= 15 is 0 Å². The monoisotopic (exact) mass is 268 g/mol. The largest absolute Gasteiger partial charge is 0.396 e. The van der Waals surface area contributed by atoms with E-state index < -0.39 is 0 Å². The van der Waals surface area contributed by atoms with Crippen molar-refractivity contribution in [3.63, 3.8) is 0 Å². The SMILES string of the molecule is CCC(C)(CO)CN1CCC(CN2CCCC2)CC1. The lowest BCUT2D eigenvalue weighted by Gasteiger charge is -2.38. The van der Waals surface area contributed by atoms with Crippen LogP contribution in [0.15, 0.2) is 0 Å². The molecule has 0 saturated carbocycles. The van der Waals surface area contributed by atoms with Crippen LogP contribution in [-0.4, -0.2) is 60.8 Å². The van der Waals surface area contributed by atoms with Crippen LogP contribution in [0.3, 0.4) is 0 Å². The summed E-state index contributed by atoms with van der Waals surface area (Å²) in [6, 6.07) is 0. The van der Waals surface area contributed by atoms with E-state index in [1.54, 1.807) is 0 Å². The van der Waals surface area contributed by atoms with E-state index in [0.717, 1.165) is 18.9 Å². The van der Waals surface area contributed by atoms with Crippen molar-refractivity contribution in [2.24, 2.45) is 11.3 Å². The van der Waals surface area contributed by atoms with Gasteiger partial charge in [-0.2, -0.15) is 0 Å². The third-order valence-electron chi connectivity index (χ3n) is 5.26. The summed E-state index contributed by atoms with van der Waals surface area (Å²) in [7, 11) is 0. The van der Waals surface area contributed by atoms with Crippen LogP contribution >= 0.6 is 0 Å². The second-order valence-corrected chi connectivity index (χ2v) is 7.05. The van der Waals surface area contributed by atoms with Gasteiger partial charge in [-0.15, -0.1) is 0 Å². The van der Waals surface area contributed by atoms with E-state index in [1.807, 2.05) is 0 Å². The van der Waals surface area contributed by atoms with Gasteiger partial charge in [0, 0.05) is 25.1 Å². The summed E-state index contributed by atoms with van der Waals surface area (Å²) in [6.07, 6.45) is 6.58. The Hall–Kier alpha value is -0.120.